The van der Waals surface area contributed by atoms with Gasteiger partial charge in [-0.05, 0) is 67.1 Å². The van der Waals surface area contributed by atoms with Crippen molar-refractivity contribution in [2.75, 3.05) is 49.5 Å². The second-order valence-electron chi connectivity index (χ2n) is 8.42. The van der Waals surface area contributed by atoms with Crippen LogP contribution >= 0.6 is 11.3 Å². The van der Waals surface area contributed by atoms with Crippen LogP contribution in [0.15, 0.2) is 47.8 Å². The van der Waals surface area contributed by atoms with E-state index in [2.05, 4.69) is 56.9 Å². The van der Waals surface area contributed by atoms with Crippen LogP contribution in [0.25, 0.3) is 10.1 Å². The minimum Gasteiger partial charge on any atom is -0.482 e. The second-order valence-corrected chi connectivity index (χ2v) is 9.36. The summed E-state index contributed by atoms with van der Waals surface area (Å²) in [5.74, 6) is 0.703. The number of ether oxygens (including phenoxy) is 1. The van der Waals surface area contributed by atoms with E-state index in [0.717, 1.165) is 44.0 Å². The lowest BCUT2D eigenvalue weighted by Crippen LogP contribution is -2.46. The largest absolute Gasteiger partial charge is 0.482 e. The van der Waals surface area contributed by atoms with Gasteiger partial charge in [0.1, 0.15) is 5.75 Å². The highest BCUT2D eigenvalue weighted by atomic mass is 32.1. The lowest BCUT2D eigenvalue weighted by Gasteiger charge is -2.36. The molecule has 6 heteroatoms. The number of carbonyl (C=O) groups is 1. The van der Waals surface area contributed by atoms with Crippen LogP contribution in [0, 0.1) is 0 Å². The van der Waals surface area contributed by atoms with E-state index in [1.54, 1.807) is 0 Å². The summed E-state index contributed by atoms with van der Waals surface area (Å²) in [4.78, 5) is 16.6. The van der Waals surface area contributed by atoms with Crippen LogP contribution < -0.4 is 15.0 Å². The van der Waals surface area contributed by atoms with Crippen LogP contribution in [0.5, 0.6) is 5.75 Å². The molecule has 2 aromatic carbocycles. The van der Waals surface area contributed by atoms with Crippen LogP contribution in [0.2, 0.25) is 0 Å². The minimum absolute atomic E-state index is 0.0725. The van der Waals surface area contributed by atoms with E-state index in [1.165, 1.54) is 47.1 Å². The van der Waals surface area contributed by atoms with Crippen molar-refractivity contribution in [3.63, 3.8) is 0 Å². The Labute approximate surface area is 187 Å². The van der Waals surface area contributed by atoms with Gasteiger partial charge in [-0.1, -0.05) is 18.6 Å². The van der Waals surface area contributed by atoms with Crippen molar-refractivity contribution >= 4 is 38.7 Å². The molecular weight excluding hydrogens is 406 g/mol. The maximum absolute atomic E-state index is 11.5. The number of piperazine rings is 1. The number of carbonyl (C=O) groups excluding carboxylic acids is 1. The van der Waals surface area contributed by atoms with E-state index in [9.17, 15) is 4.79 Å². The zero-order valence-corrected chi connectivity index (χ0v) is 18.6. The third-order valence-corrected chi connectivity index (χ3v) is 7.18. The van der Waals surface area contributed by atoms with Crippen LogP contribution in [-0.2, 0) is 11.2 Å². The summed E-state index contributed by atoms with van der Waals surface area (Å²) in [6, 6.07) is 15.1. The van der Waals surface area contributed by atoms with E-state index in [1.807, 2.05) is 17.4 Å². The molecule has 0 bridgehead atoms. The average Bonchev–Trinajstić information content (AvgIpc) is 3.28. The Hall–Kier alpha value is -2.57. The van der Waals surface area contributed by atoms with Gasteiger partial charge in [-0.25, -0.2) is 0 Å². The molecule has 0 atom stereocenters. The Morgan fingerprint density at radius 2 is 1.90 bits per heavy atom. The molecule has 162 valence electrons. The zero-order chi connectivity index (χ0) is 21.0. The fourth-order valence-electron chi connectivity index (χ4n) is 4.59. The van der Waals surface area contributed by atoms with E-state index in [0.29, 0.717) is 0 Å². The number of fused-ring (bicyclic) bond motifs is 2. The number of anilines is 2. The van der Waals surface area contributed by atoms with Crippen molar-refractivity contribution in [1.82, 2.24) is 4.90 Å². The Kier molecular flexibility index (Phi) is 6.09. The Morgan fingerprint density at radius 3 is 2.81 bits per heavy atom. The van der Waals surface area contributed by atoms with Gasteiger partial charge in [0.05, 0.1) is 5.69 Å². The fourth-order valence-corrected chi connectivity index (χ4v) is 5.40. The van der Waals surface area contributed by atoms with Gasteiger partial charge in [-0.3, -0.25) is 9.69 Å². The number of benzene rings is 2. The quantitative estimate of drug-likeness (QED) is 0.543. The number of hydrogen-bond donors (Lipinski definition) is 1. The first-order chi connectivity index (χ1) is 15.3. The molecule has 3 heterocycles. The van der Waals surface area contributed by atoms with Crippen molar-refractivity contribution in [3.8, 4) is 5.75 Å². The third-order valence-electron chi connectivity index (χ3n) is 6.30. The van der Waals surface area contributed by atoms with Gasteiger partial charge in [-0.2, -0.15) is 0 Å². The molecule has 1 amide bonds. The van der Waals surface area contributed by atoms with Gasteiger partial charge in [0.25, 0.3) is 5.91 Å². The molecule has 2 aliphatic heterocycles. The highest BCUT2D eigenvalue weighted by Gasteiger charge is 2.19. The van der Waals surface area contributed by atoms with Gasteiger partial charge < -0.3 is 15.0 Å². The van der Waals surface area contributed by atoms with Gasteiger partial charge in [0, 0.05) is 42.0 Å². The Balaban J connectivity index is 1.03. The lowest BCUT2D eigenvalue weighted by atomic mass is 10.1. The SMILES string of the molecule is O=C1COc2ccc(CCCCCN3CCN(c4cccc5sccc45)CC3)cc2N1. The van der Waals surface area contributed by atoms with Crippen molar-refractivity contribution in [2.45, 2.75) is 25.7 Å². The van der Waals surface area contributed by atoms with Crippen LogP contribution in [-0.4, -0.2) is 50.1 Å². The molecule has 0 saturated carbocycles. The molecule has 1 saturated heterocycles. The second kappa shape index (κ2) is 9.28. The van der Waals surface area contributed by atoms with Crippen LogP contribution in [0.1, 0.15) is 24.8 Å². The summed E-state index contributed by atoms with van der Waals surface area (Å²) < 4.78 is 6.82. The van der Waals surface area contributed by atoms with E-state index >= 15 is 0 Å². The average molecular weight is 436 g/mol. The fraction of sp³-hybridized carbons (Fsp3) is 0.400. The highest BCUT2D eigenvalue weighted by molar-refractivity contribution is 7.17. The molecule has 5 nitrogen and oxygen atoms in total. The lowest BCUT2D eigenvalue weighted by molar-refractivity contribution is -0.118. The van der Waals surface area contributed by atoms with Gasteiger partial charge in [-0.15, -0.1) is 11.3 Å². The number of nitrogens with zero attached hydrogens (tertiary/aromatic N) is 2. The van der Waals surface area contributed by atoms with E-state index < -0.39 is 0 Å². The number of hydrogen-bond acceptors (Lipinski definition) is 5. The standard InChI is InChI=1S/C25H29N3O2S/c29-25-18-30-23-9-8-19(17-21(23)26-25)5-2-1-3-11-27-12-14-28(15-13-27)22-6-4-7-24-20(22)10-16-31-24/h4,6-10,16-17H,1-3,5,11-15,18H2,(H,26,29). The predicted molar refractivity (Wildman–Crippen MR) is 129 cm³/mol. The molecule has 0 spiro atoms. The first-order valence-electron chi connectivity index (χ1n) is 11.3. The van der Waals surface area contributed by atoms with Crippen molar-refractivity contribution in [2.24, 2.45) is 0 Å². The first kappa shape index (κ1) is 20.3. The molecule has 0 aliphatic carbocycles. The number of thiophene rings is 1. The van der Waals surface area contributed by atoms with Crippen molar-refractivity contribution in [3.05, 3.63) is 53.4 Å². The first-order valence-corrected chi connectivity index (χ1v) is 12.1. The zero-order valence-electron chi connectivity index (χ0n) is 17.8. The van der Waals surface area contributed by atoms with Crippen molar-refractivity contribution in [1.29, 1.82) is 0 Å². The monoisotopic (exact) mass is 435 g/mol. The van der Waals surface area contributed by atoms with Crippen LogP contribution in [0.3, 0.4) is 0 Å². The van der Waals surface area contributed by atoms with E-state index in [-0.39, 0.29) is 12.5 Å². The van der Waals surface area contributed by atoms with Gasteiger partial charge >= 0.3 is 0 Å². The summed E-state index contributed by atoms with van der Waals surface area (Å²) in [6.45, 7) is 5.81. The molecule has 31 heavy (non-hydrogen) atoms. The number of unbranched alkanes of at least 4 members (excludes halogenated alkanes) is 2. The van der Waals surface area contributed by atoms with Crippen LogP contribution in [0.4, 0.5) is 11.4 Å². The Bertz CT molecular complexity index is 1060. The minimum atomic E-state index is -0.0725. The number of rotatable bonds is 7. The van der Waals surface area contributed by atoms with E-state index in [4.69, 9.17) is 4.74 Å². The molecule has 1 fully saturated rings. The third kappa shape index (κ3) is 4.70. The Morgan fingerprint density at radius 1 is 1.00 bits per heavy atom. The predicted octanol–water partition coefficient (Wildman–Crippen LogP) is 4.77. The summed E-state index contributed by atoms with van der Waals surface area (Å²) >= 11 is 1.83. The summed E-state index contributed by atoms with van der Waals surface area (Å²) in [6.07, 6.45) is 4.69. The summed E-state index contributed by atoms with van der Waals surface area (Å²) in [7, 11) is 0. The van der Waals surface area contributed by atoms with Gasteiger partial charge in [0.15, 0.2) is 6.61 Å². The molecule has 1 N–H and O–H groups in total. The smallest absolute Gasteiger partial charge is 0.262 e. The molecule has 5 rings (SSSR count). The molecule has 3 aromatic rings. The summed E-state index contributed by atoms with van der Waals surface area (Å²) in [5, 5.41) is 6.48. The maximum atomic E-state index is 11.5. The van der Waals surface area contributed by atoms with Crippen molar-refractivity contribution < 1.29 is 9.53 Å². The number of nitrogens with one attached hydrogen (secondary N) is 1. The maximum Gasteiger partial charge on any atom is 0.262 e. The molecular formula is C25H29N3O2S. The van der Waals surface area contributed by atoms with Gasteiger partial charge in [0.2, 0.25) is 0 Å². The molecule has 0 unspecified atom stereocenters. The molecule has 2 aliphatic rings. The summed E-state index contributed by atoms with van der Waals surface area (Å²) in [5.41, 5.74) is 3.47. The topological polar surface area (TPSA) is 44.8 Å². The molecule has 0 radical (unpaired) electrons. The normalized spacial score (nSPS) is 16.8. The highest BCUT2D eigenvalue weighted by Crippen LogP contribution is 2.31. The molecule has 1 aromatic heterocycles. The number of amides is 1. The number of aryl methyl sites for hydroxylation is 1.